The highest BCUT2D eigenvalue weighted by Crippen LogP contribution is 2.44. The predicted octanol–water partition coefficient (Wildman–Crippen LogP) is 4.29. The van der Waals surface area contributed by atoms with Crippen LogP contribution < -0.4 is 0 Å². The van der Waals surface area contributed by atoms with E-state index in [2.05, 4.69) is 40.9 Å². The van der Waals surface area contributed by atoms with Crippen LogP contribution >= 0.6 is 24.0 Å². The van der Waals surface area contributed by atoms with Crippen molar-refractivity contribution in [3.05, 3.63) is 28.5 Å². The number of imidazole rings is 1. The average Bonchev–Trinajstić information content (AvgIpc) is 2.59. The summed E-state index contributed by atoms with van der Waals surface area (Å²) in [5.74, 6) is 0. The number of aromatic amines is 1. The zero-order chi connectivity index (χ0) is 12.8. The van der Waals surface area contributed by atoms with Crippen molar-refractivity contribution in [2.75, 3.05) is 6.26 Å². The van der Waals surface area contributed by atoms with Gasteiger partial charge in [0.15, 0.2) is 4.77 Å². The summed E-state index contributed by atoms with van der Waals surface area (Å²) in [6.07, 6.45) is 6.21. The van der Waals surface area contributed by atoms with Gasteiger partial charge in [0, 0.05) is 11.3 Å². The van der Waals surface area contributed by atoms with Crippen molar-refractivity contribution >= 4 is 35.0 Å². The molecular formula is C14H18N2S2. The topological polar surface area (TPSA) is 20.7 Å². The third-order valence-electron chi connectivity index (χ3n) is 4.07. The Morgan fingerprint density at radius 1 is 1.44 bits per heavy atom. The number of hydrogen-bond acceptors (Lipinski definition) is 2. The fraction of sp³-hybridized carbons (Fsp3) is 0.500. The van der Waals surface area contributed by atoms with Gasteiger partial charge in [0.25, 0.3) is 0 Å². The number of H-pyrrole nitrogens is 1. The fourth-order valence-corrected chi connectivity index (χ4v) is 3.95. The lowest BCUT2D eigenvalue weighted by molar-refractivity contribution is 0.323. The fourth-order valence-electron chi connectivity index (χ4n) is 2.72. The van der Waals surface area contributed by atoms with Crippen molar-refractivity contribution in [3.8, 4) is 0 Å². The van der Waals surface area contributed by atoms with Gasteiger partial charge < -0.3 is 9.55 Å². The molecule has 0 atom stereocenters. The van der Waals surface area contributed by atoms with Gasteiger partial charge in [0.2, 0.25) is 0 Å². The molecule has 2 nitrogen and oxygen atoms in total. The second kappa shape index (κ2) is 4.42. The minimum Gasteiger partial charge on any atom is -0.331 e. The van der Waals surface area contributed by atoms with E-state index < -0.39 is 0 Å². The number of hydrogen-bond donors (Lipinski definition) is 1. The van der Waals surface area contributed by atoms with Gasteiger partial charge in [-0.15, -0.1) is 0 Å². The Hall–Kier alpha value is -0.740. The zero-order valence-electron chi connectivity index (χ0n) is 10.8. The average molecular weight is 278 g/mol. The van der Waals surface area contributed by atoms with Crippen molar-refractivity contribution < 1.29 is 0 Å². The number of rotatable bonds is 3. The number of fused-ring (bicyclic) bond motifs is 1. The van der Waals surface area contributed by atoms with Gasteiger partial charge in [-0.25, -0.2) is 0 Å². The van der Waals surface area contributed by atoms with E-state index in [-0.39, 0.29) is 0 Å². The molecule has 1 N–H and O–H groups in total. The summed E-state index contributed by atoms with van der Waals surface area (Å²) in [5.41, 5.74) is 3.68. The summed E-state index contributed by atoms with van der Waals surface area (Å²) >= 11 is 7.48. The Morgan fingerprint density at radius 3 is 2.83 bits per heavy atom. The summed E-state index contributed by atoms with van der Waals surface area (Å²) in [5, 5.41) is 0. The van der Waals surface area contributed by atoms with E-state index in [4.69, 9.17) is 12.2 Å². The maximum Gasteiger partial charge on any atom is 0.178 e. The van der Waals surface area contributed by atoms with Crippen LogP contribution in [0.1, 0.15) is 24.8 Å². The number of thioether (sulfide) groups is 1. The minimum absolute atomic E-state index is 0.415. The van der Waals surface area contributed by atoms with Crippen molar-refractivity contribution in [3.63, 3.8) is 0 Å². The number of nitrogens with one attached hydrogen (secondary N) is 1. The maximum atomic E-state index is 5.48. The van der Waals surface area contributed by atoms with Gasteiger partial charge >= 0.3 is 0 Å². The zero-order valence-corrected chi connectivity index (χ0v) is 12.5. The highest BCUT2D eigenvalue weighted by molar-refractivity contribution is 8.00. The highest BCUT2D eigenvalue weighted by Gasteiger charge is 2.36. The Morgan fingerprint density at radius 2 is 2.22 bits per heavy atom. The lowest BCUT2D eigenvalue weighted by atomic mass is 9.84. The summed E-state index contributed by atoms with van der Waals surface area (Å²) in [7, 11) is 0. The monoisotopic (exact) mass is 278 g/mol. The first-order valence-electron chi connectivity index (χ1n) is 6.38. The molecule has 4 heteroatoms. The number of aromatic nitrogens is 2. The first-order valence-corrected chi connectivity index (χ1v) is 8.01. The van der Waals surface area contributed by atoms with E-state index in [1.165, 1.54) is 30.3 Å². The third-order valence-corrected chi connectivity index (χ3v) is 5.80. The maximum absolute atomic E-state index is 5.48. The Labute approximate surface area is 117 Å². The van der Waals surface area contributed by atoms with Crippen molar-refractivity contribution in [2.45, 2.75) is 37.5 Å². The van der Waals surface area contributed by atoms with Gasteiger partial charge in [-0.3, -0.25) is 0 Å². The smallest absolute Gasteiger partial charge is 0.178 e. The molecule has 0 radical (unpaired) electrons. The van der Waals surface area contributed by atoms with E-state index in [0.29, 0.717) is 4.75 Å². The Bertz CT molecular complexity index is 629. The van der Waals surface area contributed by atoms with Crippen molar-refractivity contribution in [1.29, 1.82) is 0 Å². The van der Waals surface area contributed by atoms with Crippen LogP contribution in [0.25, 0.3) is 11.0 Å². The number of benzene rings is 1. The van der Waals surface area contributed by atoms with Gasteiger partial charge in [0.05, 0.1) is 11.0 Å². The second-order valence-electron chi connectivity index (χ2n) is 5.28. The van der Waals surface area contributed by atoms with Crippen LogP contribution in [0.2, 0.25) is 0 Å². The number of nitrogens with zero attached hydrogens (tertiary/aromatic N) is 1. The molecule has 1 saturated carbocycles. The molecule has 0 amide bonds. The molecule has 1 fully saturated rings. The van der Waals surface area contributed by atoms with E-state index >= 15 is 0 Å². The van der Waals surface area contributed by atoms with Crippen LogP contribution in [0.15, 0.2) is 18.2 Å². The van der Waals surface area contributed by atoms with Gasteiger partial charge in [0.1, 0.15) is 0 Å². The Balaban J connectivity index is 2.06. The molecule has 1 aromatic carbocycles. The summed E-state index contributed by atoms with van der Waals surface area (Å²) < 4.78 is 3.55. The quantitative estimate of drug-likeness (QED) is 0.845. The minimum atomic E-state index is 0.415. The lowest BCUT2D eigenvalue weighted by Gasteiger charge is -2.40. The molecule has 3 rings (SSSR count). The third kappa shape index (κ3) is 1.91. The number of aryl methyl sites for hydroxylation is 1. The summed E-state index contributed by atoms with van der Waals surface area (Å²) in [4.78, 5) is 3.33. The lowest BCUT2D eigenvalue weighted by Crippen LogP contribution is -2.37. The molecule has 1 heterocycles. The second-order valence-corrected chi connectivity index (χ2v) is 6.94. The van der Waals surface area contributed by atoms with Gasteiger partial charge in [-0.1, -0.05) is 12.5 Å². The SMILES string of the molecule is CSC1(Cn2c(=S)[nH]c3cc(C)ccc32)CCC1. The molecular weight excluding hydrogens is 260 g/mol. The van der Waals surface area contributed by atoms with Crippen LogP contribution in [0.5, 0.6) is 0 Å². The molecule has 0 spiro atoms. The largest absolute Gasteiger partial charge is 0.331 e. The predicted molar refractivity (Wildman–Crippen MR) is 82.0 cm³/mol. The van der Waals surface area contributed by atoms with Crippen LogP contribution in [0.4, 0.5) is 0 Å². The van der Waals surface area contributed by atoms with Crippen LogP contribution in [0, 0.1) is 11.7 Å². The van der Waals surface area contributed by atoms with Gasteiger partial charge in [-0.05, 0) is 55.9 Å². The van der Waals surface area contributed by atoms with Crippen LogP contribution in [-0.2, 0) is 6.54 Å². The highest BCUT2D eigenvalue weighted by atomic mass is 32.2. The molecule has 18 heavy (non-hydrogen) atoms. The molecule has 2 aromatic rings. The molecule has 0 saturated heterocycles. The summed E-state index contributed by atoms with van der Waals surface area (Å²) in [6.45, 7) is 3.15. The van der Waals surface area contributed by atoms with Crippen LogP contribution in [-0.4, -0.2) is 20.6 Å². The molecule has 0 unspecified atom stereocenters. The summed E-state index contributed by atoms with van der Waals surface area (Å²) in [6, 6.07) is 6.52. The first kappa shape index (κ1) is 12.3. The molecule has 1 aliphatic carbocycles. The molecule has 0 bridgehead atoms. The van der Waals surface area contributed by atoms with Crippen LogP contribution in [0.3, 0.4) is 0 Å². The molecule has 1 aliphatic rings. The normalized spacial score (nSPS) is 17.9. The molecule has 0 aliphatic heterocycles. The molecule has 1 aromatic heterocycles. The van der Waals surface area contributed by atoms with Gasteiger partial charge in [-0.2, -0.15) is 11.8 Å². The van der Waals surface area contributed by atoms with E-state index in [9.17, 15) is 0 Å². The van der Waals surface area contributed by atoms with Crippen molar-refractivity contribution in [2.24, 2.45) is 0 Å². The molecule has 96 valence electrons. The van der Waals surface area contributed by atoms with E-state index in [1.807, 2.05) is 11.8 Å². The standard InChI is InChI=1S/C14H18N2S2/c1-10-4-5-12-11(8-10)15-13(17)16(12)9-14(18-2)6-3-7-14/h4-5,8H,3,6-7,9H2,1-2H3,(H,15,17). The van der Waals surface area contributed by atoms with E-state index in [0.717, 1.165) is 16.8 Å². The van der Waals surface area contributed by atoms with E-state index in [1.54, 1.807) is 0 Å². The first-order chi connectivity index (χ1) is 8.63. The van der Waals surface area contributed by atoms with Crippen molar-refractivity contribution in [1.82, 2.24) is 9.55 Å². The Kier molecular flexibility index (Phi) is 3.02.